The van der Waals surface area contributed by atoms with E-state index in [1.165, 1.54) is 16.8 Å². The minimum Gasteiger partial charge on any atom is -0.480 e. The van der Waals surface area contributed by atoms with Gasteiger partial charge in [0.2, 0.25) is 5.91 Å². The number of carbonyl (C=O) groups is 2. The van der Waals surface area contributed by atoms with Crippen LogP contribution >= 0.6 is 0 Å². The number of aliphatic carboxylic acids is 1. The number of hydrogen-bond donors (Lipinski definition) is 2. The number of fused-ring (bicyclic) bond motifs is 1. The number of rotatable bonds is 7. The Morgan fingerprint density at radius 2 is 1.73 bits per heavy atom. The van der Waals surface area contributed by atoms with Gasteiger partial charge in [0, 0.05) is 37.7 Å². The molecule has 1 aliphatic rings. The van der Waals surface area contributed by atoms with Crippen LogP contribution in [0, 0.1) is 11.3 Å². The third kappa shape index (κ3) is 4.87. The number of carboxylic acid groups (broad SMARTS) is 1. The minimum absolute atomic E-state index is 0.0194. The van der Waals surface area contributed by atoms with Gasteiger partial charge in [-0.15, -0.1) is 0 Å². The highest BCUT2D eigenvalue weighted by Gasteiger charge is 2.45. The second kappa shape index (κ2) is 10.8. The zero-order valence-electron chi connectivity index (χ0n) is 22.7. The number of carbonyl (C=O) groups excluding carboxylic acids is 1. The van der Waals surface area contributed by atoms with Gasteiger partial charge in [-0.05, 0) is 48.9 Å². The lowest BCUT2D eigenvalue weighted by atomic mass is 9.94. The molecule has 0 spiro atoms. The van der Waals surface area contributed by atoms with Crippen LogP contribution in [0.3, 0.4) is 0 Å². The van der Waals surface area contributed by atoms with E-state index in [1.807, 2.05) is 4.90 Å². The van der Waals surface area contributed by atoms with Crippen molar-refractivity contribution in [3.05, 3.63) is 105 Å². The van der Waals surface area contributed by atoms with Crippen molar-refractivity contribution >= 4 is 28.3 Å². The Morgan fingerprint density at radius 3 is 2.49 bits per heavy atom. The van der Waals surface area contributed by atoms with Gasteiger partial charge in [-0.2, -0.15) is 5.26 Å². The predicted octanol–water partition coefficient (Wildman–Crippen LogP) is 2.73. The van der Waals surface area contributed by atoms with Crippen molar-refractivity contribution < 1.29 is 14.7 Å². The van der Waals surface area contributed by atoms with Crippen molar-refractivity contribution in [2.75, 3.05) is 11.4 Å². The lowest BCUT2D eigenvalue weighted by Gasteiger charge is -2.37. The normalized spacial score (nSPS) is 17.2. The Kier molecular flexibility index (Phi) is 7.20. The fourth-order valence-corrected chi connectivity index (χ4v) is 5.64. The number of hydrogen-bond acceptors (Lipinski definition) is 6. The van der Waals surface area contributed by atoms with E-state index in [1.54, 1.807) is 74.6 Å². The minimum atomic E-state index is -1.24. The number of nitrogens with zero attached hydrogens (tertiary/aromatic N) is 4. The van der Waals surface area contributed by atoms with Gasteiger partial charge in [0.05, 0.1) is 16.9 Å². The molecular weight excluding hydrogens is 522 g/mol. The molecule has 0 bridgehead atoms. The van der Waals surface area contributed by atoms with Crippen molar-refractivity contribution in [2.45, 2.75) is 37.8 Å². The van der Waals surface area contributed by atoms with Crippen LogP contribution in [-0.4, -0.2) is 44.2 Å². The number of benzene rings is 3. The van der Waals surface area contributed by atoms with Crippen LogP contribution in [0.15, 0.2) is 82.5 Å². The molecule has 2 heterocycles. The summed E-state index contributed by atoms with van der Waals surface area (Å²) in [6.07, 6.45) is 2.60. The lowest BCUT2D eigenvalue weighted by Crippen LogP contribution is -2.57. The standard InChI is InChI=1S/C31H29N5O5/c1-31(15-7-16-35(31)25-12-4-3-8-21(25)19-32)29(40)33-24(28(38)39)18-20-9-5-11-23-22(20)10-6-13-26(23)36-27(37)14-17-34(2)30(36)41/h3-6,8-14,17,24H,7,15-16,18H2,1-2H3,(H,33,40)(H,38,39)/t24-,31-/m0/s1. The highest BCUT2D eigenvalue weighted by Crippen LogP contribution is 2.36. The first-order valence-corrected chi connectivity index (χ1v) is 13.3. The maximum atomic E-state index is 13.7. The van der Waals surface area contributed by atoms with Crippen molar-refractivity contribution in [1.29, 1.82) is 5.26 Å². The van der Waals surface area contributed by atoms with Crippen molar-refractivity contribution in [3.63, 3.8) is 0 Å². The molecule has 1 fully saturated rings. The first kappa shape index (κ1) is 27.4. The van der Waals surface area contributed by atoms with Gasteiger partial charge in [-0.1, -0.05) is 42.5 Å². The maximum Gasteiger partial charge on any atom is 0.335 e. The fraction of sp³-hybridized carbons (Fsp3) is 0.258. The van der Waals surface area contributed by atoms with Crippen LogP contribution < -0.4 is 21.5 Å². The molecule has 41 heavy (non-hydrogen) atoms. The first-order chi connectivity index (χ1) is 19.7. The van der Waals surface area contributed by atoms with E-state index in [2.05, 4.69) is 11.4 Å². The monoisotopic (exact) mass is 551 g/mol. The van der Waals surface area contributed by atoms with Crippen molar-refractivity contribution in [2.24, 2.45) is 7.05 Å². The van der Waals surface area contributed by atoms with Crippen LogP contribution in [-0.2, 0) is 23.1 Å². The summed E-state index contributed by atoms with van der Waals surface area (Å²) in [4.78, 5) is 53.4. The highest BCUT2D eigenvalue weighted by atomic mass is 16.4. The van der Waals surface area contributed by atoms with Gasteiger partial charge < -0.3 is 19.9 Å². The Hall–Kier alpha value is -5.17. The second-order valence-electron chi connectivity index (χ2n) is 10.4. The van der Waals surface area contributed by atoms with E-state index >= 15 is 0 Å². The summed E-state index contributed by atoms with van der Waals surface area (Å²) in [5.41, 5.74) is 0.0921. The van der Waals surface area contributed by atoms with Crippen LogP contribution in [0.2, 0.25) is 0 Å². The fourth-order valence-electron chi connectivity index (χ4n) is 5.64. The number of amides is 1. The zero-order chi connectivity index (χ0) is 29.3. The lowest BCUT2D eigenvalue weighted by molar-refractivity contribution is -0.142. The molecule has 0 radical (unpaired) electrons. The third-order valence-corrected chi connectivity index (χ3v) is 7.86. The molecule has 10 heteroatoms. The number of aryl methyl sites for hydroxylation is 1. The largest absolute Gasteiger partial charge is 0.480 e. The average Bonchev–Trinajstić information content (AvgIpc) is 3.37. The quantitative estimate of drug-likeness (QED) is 0.360. The predicted molar refractivity (Wildman–Crippen MR) is 154 cm³/mol. The first-order valence-electron chi connectivity index (χ1n) is 13.3. The van der Waals surface area contributed by atoms with Gasteiger partial charge in [0.1, 0.15) is 17.6 Å². The number of anilines is 1. The highest BCUT2D eigenvalue weighted by molar-refractivity contribution is 5.95. The molecule has 1 aromatic heterocycles. The third-order valence-electron chi connectivity index (χ3n) is 7.86. The molecule has 0 unspecified atom stereocenters. The summed E-state index contributed by atoms with van der Waals surface area (Å²) in [5.74, 6) is -1.62. The molecule has 0 aliphatic carbocycles. The van der Waals surface area contributed by atoms with Crippen molar-refractivity contribution in [1.82, 2.24) is 14.5 Å². The van der Waals surface area contributed by atoms with Gasteiger partial charge in [-0.3, -0.25) is 9.59 Å². The number of carboxylic acids is 1. The molecule has 1 aliphatic heterocycles. The summed E-state index contributed by atoms with van der Waals surface area (Å²) >= 11 is 0. The van der Waals surface area contributed by atoms with E-state index in [0.717, 1.165) is 4.57 Å². The van der Waals surface area contributed by atoms with Crippen molar-refractivity contribution in [3.8, 4) is 11.8 Å². The maximum absolute atomic E-state index is 13.7. The van der Waals surface area contributed by atoms with Gasteiger partial charge in [0.25, 0.3) is 5.56 Å². The molecular formula is C31H29N5O5. The Labute approximate surface area is 235 Å². The van der Waals surface area contributed by atoms with E-state index in [4.69, 9.17) is 0 Å². The summed E-state index contributed by atoms with van der Waals surface area (Å²) in [5, 5.41) is 23.7. The van der Waals surface area contributed by atoms with E-state index < -0.39 is 34.7 Å². The zero-order valence-corrected chi connectivity index (χ0v) is 22.7. The van der Waals surface area contributed by atoms with Gasteiger partial charge in [0.15, 0.2) is 0 Å². The van der Waals surface area contributed by atoms with Gasteiger partial charge in [-0.25, -0.2) is 14.2 Å². The van der Waals surface area contributed by atoms with Crippen LogP contribution in [0.25, 0.3) is 16.5 Å². The summed E-state index contributed by atoms with van der Waals surface area (Å²) in [6.45, 7) is 2.33. The van der Waals surface area contributed by atoms with Crippen LogP contribution in [0.4, 0.5) is 5.69 Å². The van der Waals surface area contributed by atoms with Crippen LogP contribution in [0.5, 0.6) is 0 Å². The SMILES string of the molecule is Cn1ccc(=O)n(-c2cccc3c(C[C@H](NC(=O)[C@]4(C)CCCN4c4ccccc4C#N)C(=O)O)cccc23)c1=O. The number of aromatic nitrogens is 2. The molecule has 2 N–H and O–H groups in total. The number of nitriles is 1. The van der Waals surface area contributed by atoms with E-state index in [-0.39, 0.29) is 6.42 Å². The smallest absolute Gasteiger partial charge is 0.335 e. The molecule has 1 saturated heterocycles. The summed E-state index contributed by atoms with van der Waals surface area (Å²) in [7, 11) is 1.56. The van der Waals surface area contributed by atoms with E-state index in [0.29, 0.717) is 52.7 Å². The molecule has 1 amide bonds. The molecule has 208 valence electrons. The summed E-state index contributed by atoms with van der Waals surface area (Å²) in [6, 6.07) is 19.7. The molecule has 5 rings (SSSR count). The molecule has 2 atom stereocenters. The molecule has 4 aromatic rings. The molecule has 3 aromatic carbocycles. The Morgan fingerprint density at radius 1 is 1.02 bits per heavy atom. The van der Waals surface area contributed by atoms with Gasteiger partial charge >= 0.3 is 11.7 Å². The number of nitrogens with one attached hydrogen (secondary N) is 1. The molecule has 0 saturated carbocycles. The van der Waals surface area contributed by atoms with E-state index in [9.17, 15) is 29.5 Å². The topological polar surface area (TPSA) is 137 Å². The average molecular weight is 552 g/mol. The number of para-hydroxylation sites is 1. The molecule has 10 nitrogen and oxygen atoms in total. The Balaban J connectivity index is 1.48. The Bertz CT molecular complexity index is 1840. The summed E-state index contributed by atoms with van der Waals surface area (Å²) < 4.78 is 2.39. The van der Waals surface area contributed by atoms with Crippen LogP contribution in [0.1, 0.15) is 30.9 Å². The second-order valence-corrected chi connectivity index (χ2v) is 10.4.